The van der Waals surface area contributed by atoms with Crippen LogP contribution < -0.4 is 4.74 Å². The average Bonchev–Trinajstić information content (AvgIpc) is 2.59. The minimum atomic E-state index is -0.778. The van der Waals surface area contributed by atoms with E-state index < -0.39 is 11.9 Å². The summed E-state index contributed by atoms with van der Waals surface area (Å²) in [5, 5.41) is 0. The number of carbonyl (C=O) groups is 2. The summed E-state index contributed by atoms with van der Waals surface area (Å²) >= 11 is 0. The molecule has 0 fully saturated rings. The van der Waals surface area contributed by atoms with E-state index in [0.29, 0.717) is 25.1 Å². The highest BCUT2D eigenvalue weighted by Crippen LogP contribution is 2.18. The van der Waals surface area contributed by atoms with E-state index in [-0.39, 0.29) is 6.61 Å². The largest absolute Gasteiger partial charge is 0.489 e. The van der Waals surface area contributed by atoms with Gasteiger partial charge in [-0.05, 0) is 36.6 Å². The van der Waals surface area contributed by atoms with Crippen molar-refractivity contribution in [2.45, 2.75) is 20.0 Å². The van der Waals surface area contributed by atoms with E-state index in [0.717, 1.165) is 11.1 Å². The topological polar surface area (TPSA) is 52.6 Å². The number of esters is 1. The fourth-order valence-electron chi connectivity index (χ4n) is 2.19. The molecule has 120 valence electrons. The number of carbonyl (C=O) groups excluding carboxylic acids is 2. The van der Waals surface area contributed by atoms with Crippen molar-refractivity contribution in [1.82, 2.24) is 0 Å². The fraction of sp³-hybridized carbons (Fsp3) is 0.263. The lowest BCUT2D eigenvalue weighted by Crippen LogP contribution is -2.21. The molecule has 0 aliphatic heterocycles. The Balaban J connectivity index is 1.98. The molecule has 0 heterocycles. The van der Waals surface area contributed by atoms with Crippen molar-refractivity contribution in [2.75, 3.05) is 6.61 Å². The van der Waals surface area contributed by atoms with Gasteiger partial charge in [0.2, 0.25) is 0 Å². The van der Waals surface area contributed by atoms with Crippen molar-refractivity contribution in [1.29, 1.82) is 0 Å². The van der Waals surface area contributed by atoms with Gasteiger partial charge in [0.1, 0.15) is 24.6 Å². The molecule has 2 rings (SSSR count). The van der Waals surface area contributed by atoms with E-state index >= 15 is 0 Å². The number of hydrogen-bond donors (Lipinski definition) is 0. The molecular formula is C19H20O4. The highest BCUT2D eigenvalue weighted by atomic mass is 16.5. The molecule has 0 amide bonds. The molecular weight excluding hydrogens is 292 g/mol. The van der Waals surface area contributed by atoms with Gasteiger partial charge in [0.15, 0.2) is 0 Å². The average molecular weight is 312 g/mol. The van der Waals surface area contributed by atoms with Crippen molar-refractivity contribution in [3.8, 4) is 5.75 Å². The number of aldehydes is 1. The van der Waals surface area contributed by atoms with Crippen LogP contribution in [-0.2, 0) is 27.4 Å². The van der Waals surface area contributed by atoms with Crippen LogP contribution in [0, 0.1) is 5.92 Å². The maximum Gasteiger partial charge on any atom is 0.316 e. The Hall–Kier alpha value is -2.62. The van der Waals surface area contributed by atoms with E-state index in [1.165, 1.54) is 0 Å². The third kappa shape index (κ3) is 5.25. The third-order valence-corrected chi connectivity index (χ3v) is 3.36. The molecule has 0 N–H and O–H groups in total. The second-order valence-corrected chi connectivity index (χ2v) is 5.12. The second kappa shape index (κ2) is 8.73. The summed E-state index contributed by atoms with van der Waals surface area (Å²) in [5.41, 5.74) is 1.94. The summed E-state index contributed by atoms with van der Waals surface area (Å²) in [5.74, 6) is -0.558. The number of rotatable bonds is 8. The first-order valence-corrected chi connectivity index (χ1v) is 7.60. The van der Waals surface area contributed by atoms with Gasteiger partial charge in [-0.1, -0.05) is 42.5 Å². The number of ether oxygens (including phenoxy) is 2. The predicted octanol–water partition coefficient (Wildman–Crippen LogP) is 3.19. The maximum atomic E-state index is 11.7. The van der Waals surface area contributed by atoms with Crippen molar-refractivity contribution in [3.63, 3.8) is 0 Å². The van der Waals surface area contributed by atoms with Crippen LogP contribution in [0.2, 0.25) is 0 Å². The van der Waals surface area contributed by atoms with Crippen molar-refractivity contribution in [3.05, 3.63) is 65.7 Å². The van der Waals surface area contributed by atoms with Gasteiger partial charge in [-0.2, -0.15) is 0 Å². The molecule has 0 saturated heterocycles. The van der Waals surface area contributed by atoms with Crippen molar-refractivity contribution < 1.29 is 19.1 Å². The predicted molar refractivity (Wildman–Crippen MR) is 87.1 cm³/mol. The highest BCUT2D eigenvalue weighted by Gasteiger charge is 2.19. The quantitative estimate of drug-likeness (QED) is 0.427. The van der Waals surface area contributed by atoms with Gasteiger partial charge in [-0.25, -0.2) is 0 Å². The van der Waals surface area contributed by atoms with Gasteiger partial charge in [0.25, 0.3) is 0 Å². The first-order valence-electron chi connectivity index (χ1n) is 7.60. The van der Waals surface area contributed by atoms with Crippen molar-refractivity contribution >= 4 is 12.3 Å². The molecule has 4 nitrogen and oxygen atoms in total. The van der Waals surface area contributed by atoms with Gasteiger partial charge in [0.05, 0.1) is 6.61 Å². The molecule has 4 heteroatoms. The summed E-state index contributed by atoms with van der Waals surface area (Å²) in [6.45, 7) is 2.46. The molecule has 23 heavy (non-hydrogen) atoms. The first-order chi connectivity index (χ1) is 11.2. The second-order valence-electron chi connectivity index (χ2n) is 5.12. The zero-order valence-electron chi connectivity index (χ0n) is 13.1. The summed E-state index contributed by atoms with van der Waals surface area (Å²) in [4.78, 5) is 22.8. The zero-order chi connectivity index (χ0) is 16.5. The van der Waals surface area contributed by atoms with Crippen LogP contribution >= 0.6 is 0 Å². The van der Waals surface area contributed by atoms with E-state index in [9.17, 15) is 9.59 Å². The standard InChI is InChI=1S/C19H20O4/c1-2-22-19(21)17(13-20)11-16-9-6-10-18(12-16)23-14-15-7-4-3-5-8-15/h3-10,12-13,17H,2,11,14H2,1H3. The Morgan fingerprint density at radius 1 is 1.09 bits per heavy atom. The molecule has 0 bridgehead atoms. The van der Waals surface area contributed by atoms with Gasteiger partial charge >= 0.3 is 5.97 Å². The Bertz CT molecular complexity index is 637. The van der Waals surface area contributed by atoms with Crippen LogP contribution in [0.25, 0.3) is 0 Å². The van der Waals surface area contributed by atoms with Crippen LogP contribution in [0.5, 0.6) is 5.75 Å². The molecule has 1 atom stereocenters. The van der Waals surface area contributed by atoms with Gasteiger partial charge in [-0.3, -0.25) is 4.79 Å². The van der Waals surface area contributed by atoms with Crippen molar-refractivity contribution in [2.24, 2.45) is 5.92 Å². The summed E-state index contributed by atoms with van der Waals surface area (Å²) in [7, 11) is 0. The van der Waals surface area contributed by atoms with Crippen LogP contribution in [0.1, 0.15) is 18.1 Å². The molecule has 0 radical (unpaired) electrons. The number of hydrogen-bond acceptors (Lipinski definition) is 4. The molecule has 2 aromatic rings. The molecule has 1 unspecified atom stereocenters. The Morgan fingerprint density at radius 3 is 2.52 bits per heavy atom. The Kier molecular flexibility index (Phi) is 6.36. The summed E-state index contributed by atoms with van der Waals surface area (Å²) in [6.07, 6.45) is 0.945. The molecule has 0 aromatic heterocycles. The van der Waals surface area contributed by atoms with E-state index in [4.69, 9.17) is 9.47 Å². The first kappa shape index (κ1) is 16.7. The lowest BCUT2D eigenvalue weighted by molar-refractivity contribution is -0.149. The zero-order valence-corrected chi connectivity index (χ0v) is 13.1. The van der Waals surface area contributed by atoms with Crippen LogP contribution in [0.3, 0.4) is 0 Å². The molecule has 0 spiro atoms. The minimum Gasteiger partial charge on any atom is -0.489 e. The molecule has 0 aliphatic carbocycles. The molecule has 0 aliphatic rings. The smallest absolute Gasteiger partial charge is 0.316 e. The maximum absolute atomic E-state index is 11.7. The molecule has 0 saturated carbocycles. The van der Waals surface area contributed by atoms with E-state index in [1.807, 2.05) is 54.6 Å². The normalized spacial score (nSPS) is 11.5. The summed E-state index contributed by atoms with van der Waals surface area (Å²) < 4.78 is 10.7. The van der Waals surface area contributed by atoms with Gasteiger partial charge in [0, 0.05) is 0 Å². The van der Waals surface area contributed by atoms with Crippen LogP contribution in [0.4, 0.5) is 0 Å². The Labute approximate surface area is 136 Å². The summed E-state index contributed by atoms with van der Waals surface area (Å²) in [6, 6.07) is 17.3. The monoisotopic (exact) mass is 312 g/mol. The van der Waals surface area contributed by atoms with Gasteiger partial charge in [-0.15, -0.1) is 0 Å². The van der Waals surface area contributed by atoms with Crippen LogP contribution in [-0.4, -0.2) is 18.9 Å². The molecule has 2 aromatic carbocycles. The minimum absolute atomic E-state index is 0.267. The SMILES string of the molecule is CCOC(=O)C(C=O)Cc1cccc(OCc2ccccc2)c1. The lowest BCUT2D eigenvalue weighted by atomic mass is 10.0. The third-order valence-electron chi connectivity index (χ3n) is 3.36. The van der Waals surface area contributed by atoms with E-state index in [1.54, 1.807) is 6.92 Å². The fourth-order valence-corrected chi connectivity index (χ4v) is 2.19. The Morgan fingerprint density at radius 2 is 1.83 bits per heavy atom. The number of benzene rings is 2. The van der Waals surface area contributed by atoms with Gasteiger partial charge < -0.3 is 14.3 Å². The van der Waals surface area contributed by atoms with E-state index in [2.05, 4.69) is 0 Å². The lowest BCUT2D eigenvalue weighted by Gasteiger charge is -2.11. The highest BCUT2D eigenvalue weighted by molar-refractivity contribution is 5.88. The van der Waals surface area contributed by atoms with Crippen LogP contribution in [0.15, 0.2) is 54.6 Å².